The molecule has 2 aromatic carbocycles. The van der Waals surface area contributed by atoms with Crippen molar-refractivity contribution in [1.29, 1.82) is 0 Å². The monoisotopic (exact) mass is 450 g/mol. The Morgan fingerprint density at radius 2 is 1.69 bits per heavy atom. The predicted octanol–water partition coefficient (Wildman–Crippen LogP) is 6.51. The van der Waals surface area contributed by atoms with Gasteiger partial charge in [0, 0.05) is 17.8 Å². The maximum atomic E-state index is 12.5. The van der Waals surface area contributed by atoms with Crippen LogP contribution in [-0.4, -0.2) is 26.4 Å². The smallest absolute Gasteiger partial charge is 0.234 e. The average molecular weight is 451 g/mol. The number of rotatable bonds is 8. The normalized spacial score (nSPS) is 12.6. The third kappa shape index (κ3) is 5.80. The Labute approximate surface area is 196 Å². The third-order valence-electron chi connectivity index (χ3n) is 5.75. The van der Waals surface area contributed by atoms with Crippen LogP contribution in [0, 0.1) is 0 Å². The number of amides is 1. The molecule has 0 saturated carbocycles. The van der Waals surface area contributed by atoms with Crippen molar-refractivity contribution in [2.45, 2.75) is 71.0 Å². The molecular weight excluding hydrogens is 416 g/mol. The van der Waals surface area contributed by atoms with Gasteiger partial charge in [-0.2, -0.15) is 0 Å². The van der Waals surface area contributed by atoms with Crippen LogP contribution in [0.3, 0.4) is 0 Å². The summed E-state index contributed by atoms with van der Waals surface area (Å²) in [5.41, 5.74) is 4.54. The molecular formula is C26H34N4OS. The number of thioether (sulfide) groups is 1. The quantitative estimate of drug-likeness (QED) is 0.398. The number of aromatic nitrogens is 3. The summed E-state index contributed by atoms with van der Waals surface area (Å²) in [5.74, 6) is 1.59. The maximum Gasteiger partial charge on any atom is 0.234 e. The van der Waals surface area contributed by atoms with Crippen LogP contribution in [0.25, 0.3) is 11.4 Å². The summed E-state index contributed by atoms with van der Waals surface area (Å²) in [4.78, 5) is 12.5. The van der Waals surface area contributed by atoms with E-state index in [9.17, 15) is 4.79 Å². The molecule has 0 aliphatic rings. The Hall–Kier alpha value is -2.60. The maximum absolute atomic E-state index is 12.5. The van der Waals surface area contributed by atoms with E-state index in [-0.39, 0.29) is 17.1 Å². The van der Waals surface area contributed by atoms with Gasteiger partial charge in [-0.3, -0.25) is 4.79 Å². The molecule has 0 spiro atoms. The topological polar surface area (TPSA) is 59.8 Å². The molecule has 1 aromatic heterocycles. The fraction of sp³-hybridized carbons (Fsp3) is 0.423. The molecule has 1 atom stereocenters. The molecule has 32 heavy (non-hydrogen) atoms. The molecule has 0 aliphatic carbocycles. The standard InChI is InChI=1S/C26H34N4OS/c1-7-18(3)19-11-15-22(16-12-19)27-23(31)17-32-25-29-28-24(30(25)8-2)20-9-13-21(14-10-20)26(4,5)6/h9-16,18H,7-8,17H2,1-6H3,(H,27,31)/t18-/m0/s1. The molecule has 6 heteroatoms. The van der Waals surface area contributed by atoms with E-state index in [1.165, 1.54) is 22.9 Å². The van der Waals surface area contributed by atoms with Gasteiger partial charge in [-0.05, 0) is 47.9 Å². The van der Waals surface area contributed by atoms with Crippen molar-refractivity contribution in [3.63, 3.8) is 0 Å². The highest BCUT2D eigenvalue weighted by Crippen LogP contribution is 2.28. The lowest BCUT2D eigenvalue weighted by Gasteiger charge is -2.19. The summed E-state index contributed by atoms with van der Waals surface area (Å²) in [5, 5.41) is 12.5. The number of carbonyl (C=O) groups is 1. The summed E-state index contributed by atoms with van der Waals surface area (Å²) >= 11 is 1.41. The molecule has 1 N–H and O–H groups in total. The number of benzene rings is 2. The van der Waals surface area contributed by atoms with Gasteiger partial charge in [-0.1, -0.05) is 82.8 Å². The fourth-order valence-electron chi connectivity index (χ4n) is 3.47. The second-order valence-corrected chi connectivity index (χ2v) is 10.1. The molecule has 0 unspecified atom stereocenters. The highest BCUT2D eigenvalue weighted by atomic mass is 32.2. The minimum absolute atomic E-state index is 0.0481. The van der Waals surface area contributed by atoms with Crippen LogP contribution in [0.5, 0.6) is 0 Å². The van der Waals surface area contributed by atoms with Crippen LogP contribution in [0.15, 0.2) is 53.7 Å². The van der Waals surface area contributed by atoms with E-state index in [0.717, 1.165) is 35.2 Å². The van der Waals surface area contributed by atoms with E-state index in [1.54, 1.807) is 0 Å². The van der Waals surface area contributed by atoms with Gasteiger partial charge in [0.1, 0.15) is 0 Å². The number of carbonyl (C=O) groups excluding carboxylic acids is 1. The van der Waals surface area contributed by atoms with Crippen LogP contribution in [-0.2, 0) is 16.8 Å². The van der Waals surface area contributed by atoms with Gasteiger partial charge in [0.25, 0.3) is 0 Å². The lowest BCUT2D eigenvalue weighted by Crippen LogP contribution is -2.14. The van der Waals surface area contributed by atoms with Crippen LogP contribution in [0.2, 0.25) is 0 Å². The zero-order valence-electron chi connectivity index (χ0n) is 20.0. The second kappa shape index (κ2) is 10.3. The highest BCUT2D eigenvalue weighted by molar-refractivity contribution is 7.99. The minimum Gasteiger partial charge on any atom is -0.325 e. The largest absolute Gasteiger partial charge is 0.325 e. The summed E-state index contributed by atoms with van der Waals surface area (Å²) in [6.45, 7) is 13.8. The second-order valence-electron chi connectivity index (χ2n) is 9.15. The van der Waals surface area contributed by atoms with E-state index in [2.05, 4.69) is 98.0 Å². The van der Waals surface area contributed by atoms with Crippen molar-refractivity contribution >= 4 is 23.4 Å². The zero-order valence-corrected chi connectivity index (χ0v) is 20.8. The van der Waals surface area contributed by atoms with Gasteiger partial charge in [0.15, 0.2) is 11.0 Å². The number of nitrogens with zero attached hydrogens (tertiary/aromatic N) is 3. The number of nitrogens with one attached hydrogen (secondary N) is 1. The molecule has 0 radical (unpaired) electrons. The third-order valence-corrected chi connectivity index (χ3v) is 6.72. The van der Waals surface area contributed by atoms with Crippen molar-refractivity contribution in [3.05, 3.63) is 59.7 Å². The number of hydrogen-bond acceptors (Lipinski definition) is 4. The number of hydrogen-bond donors (Lipinski definition) is 1. The van der Waals surface area contributed by atoms with Gasteiger partial charge >= 0.3 is 0 Å². The van der Waals surface area contributed by atoms with Crippen molar-refractivity contribution in [1.82, 2.24) is 14.8 Å². The van der Waals surface area contributed by atoms with E-state index < -0.39 is 0 Å². The van der Waals surface area contributed by atoms with E-state index in [1.807, 2.05) is 12.1 Å². The lowest BCUT2D eigenvalue weighted by atomic mass is 9.87. The lowest BCUT2D eigenvalue weighted by molar-refractivity contribution is -0.113. The highest BCUT2D eigenvalue weighted by Gasteiger charge is 2.17. The minimum atomic E-state index is -0.0481. The number of anilines is 1. The Balaban J connectivity index is 1.64. The predicted molar refractivity (Wildman–Crippen MR) is 134 cm³/mol. The fourth-order valence-corrected chi connectivity index (χ4v) is 4.27. The first-order valence-electron chi connectivity index (χ1n) is 11.3. The summed E-state index contributed by atoms with van der Waals surface area (Å²) in [6, 6.07) is 16.6. The molecule has 3 aromatic rings. The zero-order chi connectivity index (χ0) is 23.3. The Morgan fingerprint density at radius 3 is 2.25 bits per heavy atom. The van der Waals surface area contributed by atoms with Crippen molar-refractivity contribution < 1.29 is 4.79 Å². The summed E-state index contributed by atoms with van der Waals surface area (Å²) < 4.78 is 2.06. The van der Waals surface area contributed by atoms with Crippen molar-refractivity contribution in [2.24, 2.45) is 0 Å². The van der Waals surface area contributed by atoms with Gasteiger partial charge < -0.3 is 9.88 Å². The van der Waals surface area contributed by atoms with Crippen LogP contribution in [0.4, 0.5) is 5.69 Å². The van der Waals surface area contributed by atoms with Crippen molar-refractivity contribution in [3.8, 4) is 11.4 Å². The first-order valence-corrected chi connectivity index (χ1v) is 12.3. The molecule has 0 bridgehead atoms. The van der Waals surface area contributed by atoms with Gasteiger partial charge in [-0.25, -0.2) is 0 Å². The first kappa shape index (κ1) is 24.1. The molecule has 0 aliphatic heterocycles. The molecule has 0 fully saturated rings. The molecule has 1 amide bonds. The first-order chi connectivity index (χ1) is 15.2. The van der Waals surface area contributed by atoms with Crippen LogP contribution >= 0.6 is 11.8 Å². The molecule has 0 saturated heterocycles. The Morgan fingerprint density at radius 1 is 1.03 bits per heavy atom. The van der Waals surface area contributed by atoms with Crippen LogP contribution in [0.1, 0.15) is 65.0 Å². The molecule has 170 valence electrons. The van der Waals surface area contributed by atoms with Gasteiger partial charge in [0.05, 0.1) is 5.75 Å². The van der Waals surface area contributed by atoms with E-state index in [0.29, 0.717) is 5.92 Å². The Bertz CT molecular complexity index is 1030. The average Bonchev–Trinajstić information content (AvgIpc) is 3.20. The van der Waals surface area contributed by atoms with E-state index >= 15 is 0 Å². The van der Waals surface area contributed by atoms with Crippen LogP contribution < -0.4 is 5.32 Å². The molecule has 1 heterocycles. The van der Waals surface area contributed by atoms with E-state index in [4.69, 9.17) is 0 Å². The van der Waals surface area contributed by atoms with Crippen molar-refractivity contribution in [2.75, 3.05) is 11.1 Å². The molecule has 3 rings (SSSR count). The van der Waals surface area contributed by atoms with Gasteiger partial charge in [-0.15, -0.1) is 10.2 Å². The molecule has 5 nitrogen and oxygen atoms in total. The van der Waals surface area contributed by atoms with Gasteiger partial charge in [0.2, 0.25) is 5.91 Å². The summed E-state index contributed by atoms with van der Waals surface area (Å²) in [7, 11) is 0. The summed E-state index contributed by atoms with van der Waals surface area (Å²) in [6.07, 6.45) is 1.10. The Kier molecular flexibility index (Phi) is 7.77. The SMILES string of the molecule is CC[C@H](C)c1ccc(NC(=O)CSc2nnc(-c3ccc(C(C)(C)C)cc3)n2CC)cc1.